The van der Waals surface area contributed by atoms with E-state index in [-0.39, 0.29) is 5.75 Å². The molecule has 0 saturated carbocycles. The molecule has 132 valence electrons. The Balaban J connectivity index is 1.72. The van der Waals surface area contributed by atoms with E-state index in [1.165, 1.54) is 0 Å². The molecule has 0 spiro atoms. The number of nitrogens with one attached hydrogen (secondary N) is 1. The number of hydrogen-bond acceptors (Lipinski definition) is 4. The second kappa shape index (κ2) is 7.27. The van der Waals surface area contributed by atoms with E-state index in [1.807, 2.05) is 25.1 Å². The van der Waals surface area contributed by atoms with Gasteiger partial charge in [0.2, 0.25) is 0 Å². The number of carboxylic acids is 1. The highest BCUT2D eigenvalue weighted by Gasteiger charge is 2.06. The predicted molar refractivity (Wildman–Crippen MR) is 104 cm³/mol. The lowest BCUT2D eigenvalue weighted by atomic mass is 10.0. The highest BCUT2D eigenvalue weighted by Crippen LogP contribution is 2.21. The molecular formula is C21H20N2O3. The van der Waals surface area contributed by atoms with Crippen LogP contribution < -0.4 is 5.32 Å². The zero-order valence-electron chi connectivity index (χ0n) is 14.7. The van der Waals surface area contributed by atoms with Crippen molar-refractivity contribution in [2.24, 2.45) is 0 Å². The Hall–Kier alpha value is -3.34. The van der Waals surface area contributed by atoms with Crippen LogP contribution in [0.15, 0.2) is 54.2 Å². The number of fused-ring (bicyclic) bond motifs is 1. The van der Waals surface area contributed by atoms with Crippen molar-refractivity contribution in [2.75, 3.05) is 11.9 Å². The second-order valence-corrected chi connectivity index (χ2v) is 6.32. The number of phenols is 1. The number of pyridine rings is 1. The number of nitrogens with zero attached hydrogens (tertiary/aromatic N) is 1. The third-order valence-corrected chi connectivity index (χ3v) is 4.13. The number of aromatic hydroxyl groups is 1. The molecule has 5 nitrogen and oxygen atoms in total. The Morgan fingerprint density at radius 2 is 2.00 bits per heavy atom. The van der Waals surface area contributed by atoms with Gasteiger partial charge in [0.25, 0.3) is 0 Å². The largest absolute Gasteiger partial charge is 0.508 e. The number of hydrogen-bond donors (Lipinski definition) is 3. The maximum absolute atomic E-state index is 11.1. The zero-order valence-corrected chi connectivity index (χ0v) is 14.7. The number of aromatic nitrogens is 1. The Bertz CT molecular complexity index is 1010. The molecule has 1 heterocycles. The molecule has 0 aliphatic rings. The Morgan fingerprint density at radius 3 is 2.73 bits per heavy atom. The van der Waals surface area contributed by atoms with Crippen molar-refractivity contribution >= 4 is 28.6 Å². The topological polar surface area (TPSA) is 82.5 Å². The minimum absolute atomic E-state index is 0.215. The normalized spacial score (nSPS) is 11.5. The first-order chi connectivity index (χ1) is 12.4. The molecule has 0 unspecified atom stereocenters. The Labute approximate surface area is 151 Å². The average Bonchev–Trinajstić information content (AvgIpc) is 2.59. The van der Waals surface area contributed by atoms with Crippen molar-refractivity contribution in [1.29, 1.82) is 0 Å². The van der Waals surface area contributed by atoms with Crippen LogP contribution in [-0.4, -0.2) is 27.7 Å². The lowest BCUT2D eigenvalue weighted by Gasteiger charge is -2.08. The minimum Gasteiger partial charge on any atom is -0.508 e. The molecule has 3 aromatic rings. The van der Waals surface area contributed by atoms with E-state index in [0.29, 0.717) is 12.1 Å². The molecule has 0 amide bonds. The quantitative estimate of drug-likeness (QED) is 0.634. The molecule has 0 fully saturated rings. The van der Waals surface area contributed by atoms with E-state index >= 15 is 0 Å². The van der Waals surface area contributed by atoms with Crippen LogP contribution in [0.1, 0.15) is 28.4 Å². The fraction of sp³-hybridized carbons (Fsp3) is 0.143. The van der Waals surface area contributed by atoms with Crippen LogP contribution in [-0.2, 0) is 0 Å². The summed E-state index contributed by atoms with van der Waals surface area (Å²) in [6, 6.07) is 12.3. The Morgan fingerprint density at radius 1 is 1.19 bits per heavy atom. The summed E-state index contributed by atoms with van der Waals surface area (Å²) >= 11 is 0. The highest BCUT2D eigenvalue weighted by molar-refractivity contribution is 5.89. The number of benzene rings is 2. The van der Waals surface area contributed by atoms with E-state index in [9.17, 15) is 9.90 Å². The summed E-state index contributed by atoms with van der Waals surface area (Å²) in [5.41, 5.74) is 4.83. The molecular weight excluding hydrogens is 328 g/mol. The van der Waals surface area contributed by atoms with Crippen molar-refractivity contribution in [2.45, 2.75) is 13.8 Å². The first-order valence-corrected chi connectivity index (χ1v) is 8.26. The standard InChI is InChI=1S/C21H20N2O3/c1-13(7-15-3-5-19(21(25)26)14(2)8-15)11-22-17-9-16-10-18(24)4-6-20(16)23-12-17/h3-10,12,22,24H,11H2,1-2H3,(H,25,26). The summed E-state index contributed by atoms with van der Waals surface area (Å²) in [7, 11) is 0. The monoisotopic (exact) mass is 348 g/mol. The van der Waals surface area contributed by atoms with Gasteiger partial charge in [-0.05, 0) is 55.3 Å². The van der Waals surface area contributed by atoms with Gasteiger partial charge in [0.05, 0.1) is 23.0 Å². The smallest absolute Gasteiger partial charge is 0.335 e. The Kier molecular flexibility index (Phi) is 4.89. The summed E-state index contributed by atoms with van der Waals surface area (Å²) in [4.78, 5) is 15.5. The van der Waals surface area contributed by atoms with Crippen LogP contribution in [0.2, 0.25) is 0 Å². The molecule has 5 heteroatoms. The number of carbonyl (C=O) groups is 1. The first-order valence-electron chi connectivity index (χ1n) is 8.26. The first kappa shape index (κ1) is 17.5. The molecule has 0 aliphatic carbocycles. The second-order valence-electron chi connectivity index (χ2n) is 6.32. The molecule has 0 saturated heterocycles. The van der Waals surface area contributed by atoms with Gasteiger partial charge >= 0.3 is 5.97 Å². The third-order valence-electron chi connectivity index (χ3n) is 4.13. The van der Waals surface area contributed by atoms with E-state index in [4.69, 9.17) is 5.11 Å². The summed E-state index contributed by atoms with van der Waals surface area (Å²) in [5.74, 6) is -0.695. The van der Waals surface area contributed by atoms with Gasteiger partial charge in [-0.1, -0.05) is 23.8 Å². The molecule has 1 aromatic heterocycles. The van der Waals surface area contributed by atoms with Gasteiger partial charge in [-0.15, -0.1) is 0 Å². The van der Waals surface area contributed by atoms with Gasteiger partial charge in [0, 0.05) is 11.9 Å². The van der Waals surface area contributed by atoms with Crippen LogP contribution in [0, 0.1) is 6.92 Å². The fourth-order valence-corrected chi connectivity index (χ4v) is 2.81. The molecule has 3 N–H and O–H groups in total. The van der Waals surface area contributed by atoms with E-state index in [0.717, 1.165) is 33.3 Å². The number of aromatic carboxylic acids is 1. The van der Waals surface area contributed by atoms with E-state index < -0.39 is 5.97 Å². The maximum Gasteiger partial charge on any atom is 0.335 e. The fourth-order valence-electron chi connectivity index (χ4n) is 2.81. The van der Waals surface area contributed by atoms with E-state index in [2.05, 4.69) is 10.3 Å². The highest BCUT2D eigenvalue weighted by atomic mass is 16.4. The van der Waals surface area contributed by atoms with Crippen LogP contribution in [0.3, 0.4) is 0 Å². The molecule has 0 radical (unpaired) electrons. The molecule has 0 bridgehead atoms. The van der Waals surface area contributed by atoms with Gasteiger partial charge in [0.1, 0.15) is 5.75 Å². The minimum atomic E-state index is -0.911. The summed E-state index contributed by atoms with van der Waals surface area (Å²) in [6.07, 6.45) is 3.78. The number of anilines is 1. The summed E-state index contributed by atoms with van der Waals surface area (Å²) in [5, 5.41) is 22.9. The molecule has 0 atom stereocenters. The van der Waals surface area contributed by atoms with Crippen LogP contribution in [0.25, 0.3) is 17.0 Å². The number of aryl methyl sites for hydroxylation is 1. The lowest BCUT2D eigenvalue weighted by Crippen LogP contribution is -2.03. The van der Waals surface area contributed by atoms with Crippen molar-refractivity contribution in [3.05, 3.63) is 70.9 Å². The van der Waals surface area contributed by atoms with Crippen LogP contribution in [0.5, 0.6) is 5.75 Å². The predicted octanol–water partition coefficient (Wildman–Crippen LogP) is 4.46. The van der Waals surface area contributed by atoms with Gasteiger partial charge in [-0.2, -0.15) is 0 Å². The third kappa shape index (κ3) is 4.00. The zero-order chi connectivity index (χ0) is 18.7. The summed E-state index contributed by atoms with van der Waals surface area (Å²) < 4.78 is 0. The van der Waals surface area contributed by atoms with Crippen molar-refractivity contribution < 1.29 is 15.0 Å². The van der Waals surface area contributed by atoms with Gasteiger partial charge < -0.3 is 15.5 Å². The van der Waals surface area contributed by atoms with E-state index in [1.54, 1.807) is 43.5 Å². The number of carboxylic acid groups (broad SMARTS) is 1. The summed E-state index contributed by atoms with van der Waals surface area (Å²) in [6.45, 7) is 4.43. The van der Waals surface area contributed by atoms with Crippen molar-refractivity contribution in [1.82, 2.24) is 4.98 Å². The van der Waals surface area contributed by atoms with Crippen LogP contribution >= 0.6 is 0 Å². The van der Waals surface area contributed by atoms with Gasteiger partial charge in [-0.25, -0.2) is 4.79 Å². The maximum atomic E-state index is 11.1. The van der Waals surface area contributed by atoms with Gasteiger partial charge in [0.15, 0.2) is 0 Å². The van der Waals surface area contributed by atoms with Gasteiger partial charge in [-0.3, -0.25) is 4.98 Å². The molecule has 0 aliphatic heterocycles. The lowest BCUT2D eigenvalue weighted by molar-refractivity contribution is 0.0696. The number of phenolic OH excluding ortho intramolecular Hbond substituents is 1. The molecule has 2 aromatic carbocycles. The van der Waals surface area contributed by atoms with Crippen molar-refractivity contribution in [3.63, 3.8) is 0 Å². The number of rotatable bonds is 5. The van der Waals surface area contributed by atoms with Crippen molar-refractivity contribution in [3.8, 4) is 5.75 Å². The van der Waals surface area contributed by atoms with Crippen LogP contribution in [0.4, 0.5) is 5.69 Å². The SMILES string of the molecule is CC(=Cc1ccc(C(=O)O)c(C)c1)CNc1cnc2ccc(O)cc2c1. The molecule has 3 rings (SSSR count). The average molecular weight is 348 g/mol. The molecule has 26 heavy (non-hydrogen) atoms.